The van der Waals surface area contributed by atoms with Gasteiger partial charge in [-0.1, -0.05) is 13.8 Å². The zero-order valence-corrected chi connectivity index (χ0v) is 14.6. The summed E-state index contributed by atoms with van der Waals surface area (Å²) in [6, 6.07) is 3.40. The number of carbonyl (C=O) groups is 1. The Bertz CT molecular complexity index is 615. The van der Waals surface area contributed by atoms with Crippen LogP contribution < -0.4 is 9.46 Å². The first kappa shape index (κ1) is 17.9. The number of benzene rings is 1. The molecule has 1 unspecified atom stereocenters. The van der Waals surface area contributed by atoms with E-state index in [1.165, 1.54) is 32.4 Å². The molecule has 0 fully saturated rings. The Morgan fingerprint density at radius 1 is 1.29 bits per heavy atom. The van der Waals surface area contributed by atoms with Crippen LogP contribution >= 0.6 is 15.9 Å². The van der Waals surface area contributed by atoms with Gasteiger partial charge in [0.2, 0.25) is 10.0 Å². The molecule has 0 aliphatic rings. The van der Waals surface area contributed by atoms with Gasteiger partial charge in [-0.05, 0) is 40.0 Å². The van der Waals surface area contributed by atoms with Crippen LogP contribution in [0.15, 0.2) is 27.6 Å². The molecule has 0 aliphatic carbocycles. The average molecular weight is 380 g/mol. The van der Waals surface area contributed by atoms with Gasteiger partial charge in [0.05, 0.1) is 23.6 Å². The van der Waals surface area contributed by atoms with Gasteiger partial charge in [-0.25, -0.2) is 8.42 Å². The van der Waals surface area contributed by atoms with Crippen molar-refractivity contribution >= 4 is 31.9 Å². The van der Waals surface area contributed by atoms with E-state index in [9.17, 15) is 13.2 Å². The molecule has 0 heterocycles. The molecule has 0 radical (unpaired) electrons. The number of carbonyl (C=O) groups excluding carboxylic acids is 1. The number of methoxy groups -OCH3 is 2. The molecule has 0 aromatic heterocycles. The van der Waals surface area contributed by atoms with Gasteiger partial charge in [-0.15, -0.1) is 0 Å². The van der Waals surface area contributed by atoms with E-state index < -0.39 is 22.0 Å². The predicted molar refractivity (Wildman–Crippen MR) is 81.7 cm³/mol. The van der Waals surface area contributed by atoms with Crippen molar-refractivity contribution in [3.05, 3.63) is 22.7 Å². The van der Waals surface area contributed by atoms with Crippen molar-refractivity contribution in [2.45, 2.75) is 24.8 Å². The van der Waals surface area contributed by atoms with Gasteiger partial charge in [0, 0.05) is 0 Å². The number of esters is 1. The summed E-state index contributed by atoms with van der Waals surface area (Å²) in [6.45, 7) is 3.46. The Morgan fingerprint density at radius 3 is 2.33 bits per heavy atom. The minimum absolute atomic E-state index is 0.0322. The largest absolute Gasteiger partial charge is 0.496 e. The molecule has 1 rings (SSSR count). The highest BCUT2D eigenvalue weighted by molar-refractivity contribution is 9.10. The third-order valence-corrected chi connectivity index (χ3v) is 4.90. The Kier molecular flexibility index (Phi) is 6.18. The summed E-state index contributed by atoms with van der Waals surface area (Å²) in [7, 11) is -1.14. The minimum Gasteiger partial charge on any atom is -0.496 e. The summed E-state index contributed by atoms with van der Waals surface area (Å²) in [5.74, 6) is -0.350. The summed E-state index contributed by atoms with van der Waals surface area (Å²) in [6.07, 6.45) is 0. The summed E-state index contributed by atoms with van der Waals surface area (Å²) in [5, 5.41) is 0. The van der Waals surface area contributed by atoms with Crippen LogP contribution in [0.5, 0.6) is 5.75 Å². The van der Waals surface area contributed by atoms with E-state index in [-0.39, 0.29) is 10.8 Å². The second-order valence-electron chi connectivity index (χ2n) is 4.66. The maximum absolute atomic E-state index is 12.3. The highest BCUT2D eigenvalue weighted by Gasteiger charge is 2.29. The molecule has 1 aromatic carbocycles. The first-order chi connectivity index (χ1) is 9.72. The quantitative estimate of drug-likeness (QED) is 0.763. The first-order valence-corrected chi connectivity index (χ1v) is 8.44. The number of ether oxygens (including phenoxy) is 2. The lowest BCUT2D eigenvalue weighted by Gasteiger charge is -2.20. The molecule has 6 nitrogen and oxygen atoms in total. The number of sulfonamides is 1. The molecule has 1 N–H and O–H groups in total. The van der Waals surface area contributed by atoms with E-state index in [4.69, 9.17) is 4.74 Å². The summed E-state index contributed by atoms with van der Waals surface area (Å²) < 4.78 is 37.2. The summed E-state index contributed by atoms with van der Waals surface area (Å²) in [5.41, 5.74) is 0. The van der Waals surface area contributed by atoms with E-state index in [1.807, 2.05) is 0 Å². The molecular formula is C13H18BrNO5S. The van der Waals surface area contributed by atoms with Crippen LogP contribution in [0.2, 0.25) is 0 Å². The molecule has 1 aromatic rings. The van der Waals surface area contributed by atoms with E-state index in [1.54, 1.807) is 13.8 Å². The topological polar surface area (TPSA) is 81.7 Å². The lowest BCUT2D eigenvalue weighted by Crippen LogP contribution is -2.44. The lowest BCUT2D eigenvalue weighted by molar-refractivity contribution is -0.143. The van der Waals surface area contributed by atoms with Crippen LogP contribution in [0.3, 0.4) is 0 Å². The fourth-order valence-electron chi connectivity index (χ4n) is 1.63. The van der Waals surface area contributed by atoms with E-state index >= 15 is 0 Å². The fourth-order valence-corrected chi connectivity index (χ4v) is 3.68. The van der Waals surface area contributed by atoms with Crippen molar-refractivity contribution in [1.29, 1.82) is 0 Å². The lowest BCUT2D eigenvalue weighted by atomic mass is 10.1. The second-order valence-corrected chi connectivity index (χ2v) is 7.23. The SMILES string of the molecule is COC(=O)C(NS(=O)(=O)c1ccc(OC)c(Br)c1)C(C)C. The fraction of sp³-hybridized carbons (Fsp3) is 0.462. The van der Waals surface area contributed by atoms with E-state index in [2.05, 4.69) is 25.4 Å². The molecule has 0 bridgehead atoms. The molecule has 0 saturated carbocycles. The highest BCUT2D eigenvalue weighted by Crippen LogP contribution is 2.27. The zero-order valence-electron chi connectivity index (χ0n) is 12.2. The van der Waals surface area contributed by atoms with Gasteiger partial charge >= 0.3 is 5.97 Å². The Hall–Kier alpha value is -1.12. The maximum Gasteiger partial charge on any atom is 0.324 e. The van der Waals surface area contributed by atoms with E-state index in [0.717, 1.165) is 0 Å². The number of hydrogen-bond donors (Lipinski definition) is 1. The normalized spacial score (nSPS) is 13.0. The van der Waals surface area contributed by atoms with Crippen molar-refractivity contribution in [2.75, 3.05) is 14.2 Å². The van der Waals surface area contributed by atoms with Crippen LogP contribution in [0, 0.1) is 5.92 Å². The standard InChI is InChI=1S/C13H18BrNO5S/c1-8(2)12(13(16)20-4)15-21(17,18)9-5-6-11(19-3)10(14)7-9/h5-8,12,15H,1-4H3. The van der Waals surface area contributed by atoms with Gasteiger partial charge in [0.1, 0.15) is 11.8 Å². The predicted octanol–water partition coefficient (Wildman–Crippen LogP) is 1.93. The van der Waals surface area contributed by atoms with Crippen LogP contribution in [-0.4, -0.2) is 34.6 Å². The Morgan fingerprint density at radius 2 is 1.90 bits per heavy atom. The van der Waals surface area contributed by atoms with Gasteiger partial charge in [-0.2, -0.15) is 4.72 Å². The number of hydrogen-bond acceptors (Lipinski definition) is 5. The zero-order chi connectivity index (χ0) is 16.2. The summed E-state index contributed by atoms with van der Waals surface area (Å²) in [4.78, 5) is 11.7. The van der Waals surface area contributed by atoms with Gasteiger partial charge < -0.3 is 9.47 Å². The molecule has 0 saturated heterocycles. The maximum atomic E-state index is 12.3. The van der Waals surface area contributed by atoms with Crippen molar-refractivity contribution in [1.82, 2.24) is 4.72 Å². The molecule has 0 aliphatic heterocycles. The van der Waals surface area contributed by atoms with E-state index in [0.29, 0.717) is 10.2 Å². The molecule has 0 amide bonds. The van der Waals surface area contributed by atoms with Gasteiger partial charge in [-0.3, -0.25) is 4.79 Å². The molecule has 21 heavy (non-hydrogen) atoms. The van der Waals surface area contributed by atoms with Crippen molar-refractivity contribution in [3.8, 4) is 5.75 Å². The third-order valence-electron chi connectivity index (χ3n) is 2.84. The van der Waals surface area contributed by atoms with Gasteiger partial charge in [0.15, 0.2) is 0 Å². The number of rotatable bonds is 6. The molecule has 0 spiro atoms. The van der Waals surface area contributed by atoms with Crippen molar-refractivity contribution in [3.63, 3.8) is 0 Å². The second kappa shape index (κ2) is 7.24. The minimum atomic E-state index is -3.84. The highest BCUT2D eigenvalue weighted by atomic mass is 79.9. The Balaban J connectivity index is 3.10. The third kappa shape index (κ3) is 4.42. The van der Waals surface area contributed by atoms with Crippen LogP contribution in [-0.2, 0) is 19.6 Å². The van der Waals surface area contributed by atoms with Crippen molar-refractivity contribution < 1.29 is 22.7 Å². The number of nitrogens with one attached hydrogen (secondary N) is 1. The monoisotopic (exact) mass is 379 g/mol. The van der Waals surface area contributed by atoms with Crippen LogP contribution in [0.25, 0.3) is 0 Å². The van der Waals surface area contributed by atoms with Crippen LogP contribution in [0.4, 0.5) is 0 Å². The molecule has 118 valence electrons. The first-order valence-electron chi connectivity index (χ1n) is 6.16. The summed E-state index contributed by atoms with van der Waals surface area (Å²) >= 11 is 3.23. The Labute approximate surface area is 133 Å². The molecule has 1 atom stereocenters. The molecular weight excluding hydrogens is 362 g/mol. The number of halogens is 1. The van der Waals surface area contributed by atoms with Crippen molar-refractivity contribution in [2.24, 2.45) is 5.92 Å². The average Bonchev–Trinajstić information content (AvgIpc) is 2.43. The van der Waals surface area contributed by atoms with Gasteiger partial charge in [0.25, 0.3) is 0 Å². The molecule has 8 heteroatoms. The van der Waals surface area contributed by atoms with Crippen LogP contribution in [0.1, 0.15) is 13.8 Å². The smallest absolute Gasteiger partial charge is 0.324 e.